The number of aromatic amines is 1. The monoisotopic (exact) mass is 258 g/mol. The molecule has 94 valence electrons. The Morgan fingerprint density at radius 3 is 2.61 bits per heavy atom. The van der Waals surface area contributed by atoms with Gasteiger partial charge < -0.3 is 0 Å². The lowest BCUT2D eigenvalue weighted by atomic mass is 10.1. The minimum absolute atomic E-state index is 0.135. The molecule has 0 radical (unpaired) electrons. The summed E-state index contributed by atoms with van der Waals surface area (Å²) in [4.78, 5) is 13.3. The summed E-state index contributed by atoms with van der Waals surface area (Å²) in [5, 5.41) is 15.7. The molecule has 0 atom stereocenters. The first kappa shape index (κ1) is 12.0. The van der Waals surface area contributed by atoms with Gasteiger partial charge in [-0.05, 0) is 12.1 Å². The zero-order valence-electron chi connectivity index (χ0n) is 8.60. The van der Waals surface area contributed by atoms with Crippen molar-refractivity contribution in [2.45, 2.75) is 6.18 Å². The summed E-state index contributed by atoms with van der Waals surface area (Å²) in [5.41, 5.74) is -2.83. The molecule has 0 saturated carbocycles. The van der Waals surface area contributed by atoms with Crippen LogP contribution in [0.2, 0.25) is 0 Å². The summed E-state index contributed by atoms with van der Waals surface area (Å²) in [6, 6.07) is 2.83. The molecule has 0 fully saturated rings. The molecular formula is C9H5F3N4O2. The van der Waals surface area contributed by atoms with Crippen molar-refractivity contribution in [1.82, 2.24) is 15.2 Å². The van der Waals surface area contributed by atoms with Crippen LogP contribution in [0.5, 0.6) is 0 Å². The maximum absolute atomic E-state index is 12.5. The molecule has 0 amide bonds. The van der Waals surface area contributed by atoms with E-state index in [0.29, 0.717) is 0 Å². The summed E-state index contributed by atoms with van der Waals surface area (Å²) in [7, 11) is 0. The Bertz CT molecular complexity index is 579. The summed E-state index contributed by atoms with van der Waals surface area (Å²) in [6.45, 7) is 0. The highest BCUT2D eigenvalue weighted by Gasteiger charge is 2.43. The highest BCUT2D eigenvalue weighted by atomic mass is 19.4. The van der Waals surface area contributed by atoms with E-state index in [9.17, 15) is 23.3 Å². The van der Waals surface area contributed by atoms with Crippen LogP contribution in [0.15, 0.2) is 24.5 Å². The number of pyridine rings is 1. The van der Waals surface area contributed by atoms with E-state index in [0.717, 1.165) is 0 Å². The number of nitro groups is 1. The SMILES string of the molecule is O=[N+]([O-])c1c(-c2cccnc2)n[nH]c1C(F)(F)F. The lowest BCUT2D eigenvalue weighted by Crippen LogP contribution is -2.08. The predicted octanol–water partition coefficient (Wildman–Crippen LogP) is 2.40. The van der Waals surface area contributed by atoms with Gasteiger partial charge in [0, 0.05) is 18.0 Å². The van der Waals surface area contributed by atoms with Gasteiger partial charge in [-0.3, -0.25) is 20.2 Å². The molecule has 2 rings (SSSR count). The van der Waals surface area contributed by atoms with E-state index < -0.39 is 22.5 Å². The maximum atomic E-state index is 12.5. The van der Waals surface area contributed by atoms with Gasteiger partial charge in [0.05, 0.1) is 4.92 Å². The van der Waals surface area contributed by atoms with Crippen molar-refractivity contribution in [3.63, 3.8) is 0 Å². The predicted molar refractivity (Wildman–Crippen MR) is 53.5 cm³/mol. The van der Waals surface area contributed by atoms with Crippen molar-refractivity contribution < 1.29 is 18.1 Å². The molecule has 2 heterocycles. The van der Waals surface area contributed by atoms with Crippen LogP contribution in [0, 0.1) is 10.1 Å². The average Bonchev–Trinajstić information content (AvgIpc) is 2.74. The van der Waals surface area contributed by atoms with E-state index in [4.69, 9.17) is 0 Å². The molecule has 0 aromatic carbocycles. The van der Waals surface area contributed by atoms with Crippen molar-refractivity contribution >= 4 is 5.69 Å². The molecule has 9 heteroatoms. The van der Waals surface area contributed by atoms with Gasteiger partial charge >= 0.3 is 11.9 Å². The van der Waals surface area contributed by atoms with Gasteiger partial charge in [-0.1, -0.05) is 0 Å². The molecule has 1 N–H and O–H groups in total. The maximum Gasteiger partial charge on any atom is 0.439 e. The summed E-state index contributed by atoms with van der Waals surface area (Å²) in [6.07, 6.45) is -2.27. The van der Waals surface area contributed by atoms with Crippen molar-refractivity contribution in [3.8, 4) is 11.3 Å². The number of nitrogens with zero attached hydrogens (tertiary/aromatic N) is 3. The van der Waals surface area contributed by atoms with Gasteiger partial charge in [-0.15, -0.1) is 0 Å². The molecule has 0 aliphatic heterocycles. The number of alkyl halides is 3. The third-order valence-electron chi connectivity index (χ3n) is 2.14. The van der Waals surface area contributed by atoms with E-state index in [1.54, 1.807) is 5.10 Å². The first-order chi connectivity index (χ1) is 8.41. The Hall–Kier alpha value is -2.45. The van der Waals surface area contributed by atoms with E-state index in [1.807, 2.05) is 0 Å². The summed E-state index contributed by atoms with van der Waals surface area (Å²) >= 11 is 0. The molecule has 0 bridgehead atoms. The van der Waals surface area contributed by atoms with Gasteiger partial charge in [0.15, 0.2) is 5.69 Å². The van der Waals surface area contributed by atoms with Crippen molar-refractivity contribution in [1.29, 1.82) is 0 Å². The minimum atomic E-state index is -4.87. The highest BCUT2D eigenvalue weighted by Crippen LogP contribution is 2.39. The third-order valence-corrected chi connectivity index (χ3v) is 2.14. The van der Waals surface area contributed by atoms with Gasteiger partial charge in [0.25, 0.3) is 0 Å². The second-order valence-electron chi connectivity index (χ2n) is 3.29. The second-order valence-corrected chi connectivity index (χ2v) is 3.29. The van der Waals surface area contributed by atoms with Crippen LogP contribution >= 0.6 is 0 Å². The van der Waals surface area contributed by atoms with Crippen LogP contribution < -0.4 is 0 Å². The molecule has 0 spiro atoms. The fourth-order valence-corrected chi connectivity index (χ4v) is 1.42. The van der Waals surface area contributed by atoms with Crippen LogP contribution in [-0.4, -0.2) is 20.1 Å². The van der Waals surface area contributed by atoms with Crippen LogP contribution in [-0.2, 0) is 6.18 Å². The van der Waals surface area contributed by atoms with Gasteiger partial charge in [-0.25, -0.2) is 0 Å². The van der Waals surface area contributed by atoms with E-state index in [1.165, 1.54) is 24.5 Å². The molecular weight excluding hydrogens is 253 g/mol. The zero-order valence-corrected chi connectivity index (χ0v) is 8.60. The number of hydrogen-bond acceptors (Lipinski definition) is 4. The van der Waals surface area contributed by atoms with E-state index in [2.05, 4.69) is 10.1 Å². The number of nitrogens with one attached hydrogen (secondary N) is 1. The molecule has 0 aliphatic rings. The van der Waals surface area contributed by atoms with Crippen molar-refractivity contribution in [3.05, 3.63) is 40.3 Å². The molecule has 2 aromatic rings. The molecule has 18 heavy (non-hydrogen) atoms. The topological polar surface area (TPSA) is 84.7 Å². The number of halogens is 3. The van der Waals surface area contributed by atoms with Crippen LogP contribution in [0.25, 0.3) is 11.3 Å². The Labute approximate surface area is 97.6 Å². The van der Waals surface area contributed by atoms with Crippen molar-refractivity contribution in [2.24, 2.45) is 0 Å². The van der Waals surface area contributed by atoms with E-state index >= 15 is 0 Å². The standard InChI is InChI=1S/C9H5F3N4O2/c10-9(11,12)8-7(16(17)18)6(14-15-8)5-2-1-3-13-4-5/h1-4H,(H,14,15). The van der Waals surface area contributed by atoms with Crippen LogP contribution in [0.3, 0.4) is 0 Å². The van der Waals surface area contributed by atoms with E-state index in [-0.39, 0.29) is 11.3 Å². The highest BCUT2D eigenvalue weighted by molar-refractivity contribution is 5.70. The minimum Gasteiger partial charge on any atom is -0.267 e. The number of aromatic nitrogens is 3. The fraction of sp³-hybridized carbons (Fsp3) is 0.111. The third kappa shape index (κ3) is 2.01. The Kier molecular flexibility index (Phi) is 2.73. The molecule has 0 saturated heterocycles. The number of H-pyrrole nitrogens is 1. The van der Waals surface area contributed by atoms with Crippen LogP contribution in [0.4, 0.5) is 18.9 Å². The Morgan fingerprint density at radius 1 is 1.39 bits per heavy atom. The lowest BCUT2D eigenvalue weighted by Gasteiger charge is -2.01. The fourth-order valence-electron chi connectivity index (χ4n) is 1.42. The summed E-state index contributed by atoms with van der Waals surface area (Å²) < 4.78 is 37.6. The first-order valence-corrected chi connectivity index (χ1v) is 4.61. The lowest BCUT2D eigenvalue weighted by molar-refractivity contribution is -0.387. The average molecular weight is 258 g/mol. The molecule has 6 nitrogen and oxygen atoms in total. The largest absolute Gasteiger partial charge is 0.439 e. The quantitative estimate of drug-likeness (QED) is 0.662. The summed E-state index contributed by atoms with van der Waals surface area (Å²) in [5.74, 6) is 0. The Balaban J connectivity index is 2.64. The zero-order chi connectivity index (χ0) is 13.3. The smallest absolute Gasteiger partial charge is 0.267 e. The second kappa shape index (κ2) is 4.09. The van der Waals surface area contributed by atoms with Crippen LogP contribution in [0.1, 0.15) is 5.69 Å². The Morgan fingerprint density at radius 2 is 2.11 bits per heavy atom. The molecule has 0 unspecified atom stereocenters. The normalized spacial score (nSPS) is 11.5. The number of rotatable bonds is 2. The first-order valence-electron chi connectivity index (χ1n) is 4.61. The molecule has 0 aliphatic carbocycles. The molecule has 2 aromatic heterocycles. The van der Waals surface area contributed by atoms with Gasteiger partial charge in [0.2, 0.25) is 5.69 Å². The number of hydrogen-bond donors (Lipinski definition) is 1. The van der Waals surface area contributed by atoms with Crippen molar-refractivity contribution in [2.75, 3.05) is 0 Å². The van der Waals surface area contributed by atoms with Gasteiger partial charge in [-0.2, -0.15) is 18.3 Å². The van der Waals surface area contributed by atoms with Gasteiger partial charge in [0.1, 0.15) is 0 Å².